The average molecular weight is 251 g/mol. The maximum absolute atomic E-state index is 2.74. The molecule has 0 aromatic rings. The van der Waals surface area contributed by atoms with E-state index >= 15 is 0 Å². The van der Waals surface area contributed by atoms with E-state index in [0.29, 0.717) is 0 Å². The largest absolute Gasteiger partial charge is 0.303 e. The maximum Gasteiger partial charge on any atom is 0.000966 e. The molecular weight excluding hydrogens is 218 g/mol. The zero-order valence-electron chi connectivity index (χ0n) is 12.8. The Hall–Kier alpha value is -0.0400. The third-order valence-corrected chi connectivity index (χ3v) is 5.16. The summed E-state index contributed by atoms with van der Waals surface area (Å²) in [4.78, 5) is 2.74. The molecule has 18 heavy (non-hydrogen) atoms. The van der Waals surface area contributed by atoms with Gasteiger partial charge in [-0.25, -0.2) is 0 Å². The first-order valence-electron chi connectivity index (χ1n) is 8.35. The van der Waals surface area contributed by atoms with Crippen molar-refractivity contribution >= 4 is 0 Å². The molecule has 1 saturated heterocycles. The molecule has 0 spiro atoms. The van der Waals surface area contributed by atoms with Crippen LogP contribution in [-0.4, -0.2) is 24.5 Å². The molecule has 0 aromatic heterocycles. The van der Waals surface area contributed by atoms with Crippen molar-refractivity contribution in [2.45, 2.75) is 65.7 Å². The Morgan fingerprint density at radius 2 is 1.44 bits per heavy atom. The molecule has 1 heteroatoms. The monoisotopic (exact) mass is 251 g/mol. The smallest absolute Gasteiger partial charge is 0.000966 e. The van der Waals surface area contributed by atoms with Crippen LogP contribution in [0.4, 0.5) is 0 Å². The van der Waals surface area contributed by atoms with Crippen molar-refractivity contribution in [3.63, 3.8) is 0 Å². The molecule has 1 saturated carbocycles. The molecule has 0 aromatic carbocycles. The Morgan fingerprint density at radius 1 is 0.889 bits per heavy atom. The van der Waals surface area contributed by atoms with Gasteiger partial charge in [0.1, 0.15) is 0 Å². The fourth-order valence-corrected chi connectivity index (χ4v) is 3.93. The van der Waals surface area contributed by atoms with Gasteiger partial charge in [0.25, 0.3) is 0 Å². The summed E-state index contributed by atoms with van der Waals surface area (Å²) in [5.41, 5.74) is 0. The summed E-state index contributed by atoms with van der Waals surface area (Å²) in [6, 6.07) is 0. The van der Waals surface area contributed by atoms with Crippen molar-refractivity contribution in [3.8, 4) is 0 Å². The van der Waals surface area contributed by atoms with Crippen LogP contribution in [0.15, 0.2) is 0 Å². The van der Waals surface area contributed by atoms with Crippen LogP contribution in [0.25, 0.3) is 0 Å². The van der Waals surface area contributed by atoms with E-state index < -0.39 is 0 Å². The SMILES string of the molecule is CC(C)CC1CCC(CN2CCC(C)CC2)CC1. The lowest BCUT2D eigenvalue weighted by atomic mass is 9.78. The minimum atomic E-state index is 0.898. The quantitative estimate of drug-likeness (QED) is 0.707. The highest BCUT2D eigenvalue weighted by atomic mass is 15.1. The van der Waals surface area contributed by atoms with Gasteiger partial charge in [-0.1, -0.05) is 33.6 Å². The molecule has 106 valence electrons. The van der Waals surface area contributed by atoms with Crippen LogP contribution in [0.1, 0.15) is 65.7 Å². The lowest BCUT2D eigenvalue weighted by Gasteiger charge is -2.36. The highest BCUT2D eigenvalue weighted by Crippen LogP contribution is 2.33. The summed E-state index contributed by atoms with van der Waals surface area (Å²) < 4.78 is 0. The van der Waals surface area contributed by atoms with E-state index in [-0.39, 0.29) is 0 Å². The van der Waals surface area contributed by atoms with Gasteiger partial charge in [-0.05, 0) is 68.9 Å². The summed E-state index contributed by atoms with van der Waals surface area (Å²) in [6.45, 7) is 11.3. The molecule has 0 unspecified atom stereocenters. The van der Waals surface area contributed by atoms with E-state index in [1.54, 1.807) is 0 Å². The summed E-state index contributed by atoms with van der Waals surface area (Å²) in [5, 5.41) is 0. The number of hydrogen-bond donors (Lipinski definition) is 0. The fraction of sp³-hybridized carbons (Fsp3) is 1.00. The zero-order valence-corrected chi connectivity index (χ0v) is 12.8. The number of nitrogens with zero attached hydrogens (tertiary/aromatic N) is 1. The van der Waals surface area contributed by atoms with E-state index in [1.807, 2.05) is 0 Å². The minimum Gasteiger partial charge on any atom is -0.303 e. The number of likely N-dealkylation sites (tertiary alicyclic amines) is 1. The Labute approximate surface area is 114 Å². The molecular formula is C17H33N. The van der Waals surface area contributed by atoms with Crippen LogP contribution in [-0.2, 0) is 0 Å². The number of rotatable bonds is 4. The molecule has 0 radical (unpaired) electrons. The van der Waals surface area contributed by atoms with Gasteiger partial charge < -0.3 is 4.90 Å². The molecule has 1 aliphatic heterocycles. The van der Waals surface area contributed by atoms with E-state index in [2.05, 4.69) is 25.7 Å². The summed E-state index contributed by atoms with van der Waals surface area (Å²) in [5.74, 6) is 3.93. The average Bonchev–Trinajstić information content (AvgIpc) is 2.34. The van der Waals surface area contributed by atoms with Crippen molar-refractivity contribution < 1.29 is 0 Å². The van der Waals surface area contributed by atoms with Crippen LogP contribution in [0, 0.1) is 23.7 Å². The second-order valence-electron chi connectivity index (χ2n) is 7.50. The summed E-state index contributed by atoms with van der Waals surface area (Å²) >= 11 is 0. The Bertz CT molecular complexity index is 220. The predicted octanol–water partition coefficient (Wildman–Crippen LogP) is 4.57. The van der Waals surface area contributed by atoms with Gasteiger partial charge >= 0.3 is 0 Å². The first-order valence-corrected chi connectivity index (χ1v) is 8.35. The maximum atomic E-state index is 2.74. The molecule has 2 rings (SSSR count). The Morgan fingerprint density at radius 3 is 2.00 bits per heavy atom. The van der Waals surface area contributed by atoms with E-state index in [9.17, 15) is 0 Å². The molecule has 1 aliphatic carbocycles. The Kier molecular flexibility index (Phi) is 5.54. The van der Waals surface area contributed by atoms with E-state index in [1.165, 1.54) is 64.6 Å². The van der Waals surface area contributed by atoms with E-state index in [4.69, 9.17) is 0 Å². The van der Waals surface area contributed by atoms with Gasteiger partial charge in [0.05, 0.1) is 0 Å². The topological polar surface area (TPSA) is 3.24 Å². The Balaban J connectivity index is 1.64. The standard InChI is InChI=1S/C17H33N/c1-14(2)12-16-4-6-17(7-5-16)13-18-10-8-15(3)9-11-18/h14-17H,4-13H2,1-3H3. The molecule has 0 N–H and O–H groups in total. The third-order valence-electron chi connectivity index (χ3n) is 5.16. The lowest BCUT2D eigenvalue weighted by molar-refractivity contribution is 0.137. The third kappa shape index (κ3) is 4.57. The van der Waals surface area contributed by atoms with E-state index in [0.717, 1.165) is 23.7 Å². The highest BCUT2D eigenvalue weighted by Gasteiger charge is 2.24. The van der Waals surface area contributed by atoms with Crippen molar-refractivity contribution in [2.75, 3.05) is 19.6 Å². The lowest BCUT2D eigenvalue weighted by Crippen LogP contribution is -2.37. The van der Waals surface area contributed by atoms with Crippen LogP contribution >= 0.6 is 0 Å². The fourth-order valence-electron chi connectivity index (χ4n) is 3.93. The van der Waals surface area contributed by atoms with Gasteiger partial charge in [-0.15, -0.1) is 0 Å². The van der Waals surface area contributed by atoms with Crippen LogP contribution in [0.3, 0.4) is 0 Å². The highest BCUT2D eigenvalue weighted by molar-refractivity contribution is 4.78. The number of piperidine rings is 1. The van der Waals surface area contributed by atoms with Crippen molar-refractivity contribution in [2.24, 2.45) is 23.7 Å². The molecule has 2 fully saturated rings. The normalized spacial score (nSPS) is 32.0. The van der Waals surface area contributed by atoms with Crippen LogP contribution < -0.4 is 0 Å². The van der Waals surface area contributed by atoms with Crippen molar-refractivity contribution in [3.05, 3.63) is 0 Å². The molecule has 1 heterocycles. The second kappa shape index (κ2) is 6.93. The van der Waals surface area contributed by atoms with Gasteiger partial charge in [0.2, 0.25) is 0 Å². The van der Waals surface area contributed by atoms with Gasteiger partial charge in [0.15, 0.2) is 0 Å². The first-order chi connectivity index (χ1) is 8.63. The zero-order chi connectivity index (χ0) is 13.0. The van der Waals surface area contributed by atoms with Crippen LogP contribution in [0.2, 0.25) is 0 Å². The predicted molar refractivity (Wildman–Crippen MR) is 79.7 cm³/mol. The van der Waals surface area contributed by atoms with Crippen molar-refractivity contribution in [1.82, 2.24) is 4.90 Å². The van der Waals surface area contributed by atoms with Gasteiger partial charge in [0, 0.05) is 6.54 Å². The minimum absolute atomic E-state index is 0.898. The molecule has 0 atom stereocenters. The molecule has 0 bridgehead atoms. The number of hydrogen-bond acceptors (Lipinski definition) is 1. The molecule has 1 nitrogen and oxygen atoms in total. The molecule has 0 amide bonds. The summed E-state index contributed by atoms with van der Waals surface area (Å²) in [6.07, 6.45) is 10.4. The molecule has 2 aliphatic rings. The van der Waals surface area contributed by atoms with Crippen LogP contribution in [0.5, 0.6) is 0 Å². The van der Waals surface area contributed by atoms with Crippen molar-refractivity contribution in [1.29, 1.82) is 0 Å². The first kappa shape index (κ1) is 14.4. The van der Waals surface area contributed by atoms with Gasteiger partial charge in [-0.3, -0.25) is 0 Å². The van der Waals surface area contributed by atoms with Gasteiger partial charge in [-0.2, -0.15) is 0 Å². The second-order valence-corrected chi connectivity index (χ2v) is 7.50. The summed E-state index contributed by atoms with van der Waals surface area (Å²) in [7, 11) is 0.